The van der Waals surface area contributed by atoms with E-state index >= 15 is 0 Å². The van der Waals surface area contributed by atoms with Crippen molar-refractivity contribution in [3.8, 4) is 0 Å². The van der Waals surface area contributed by atoms with Crippen molar-refractivity contribution in [2.45, 2.75) is 30.7 Å². The lowest BCUT2D eigenvalue weighted by molar-refractivity contribution is 0.0698. The summed E-state index contributed by atoms with van der Waals surface area (Å²) >= 11 is 5.76. The Kier molecular flexibility index (Phi) is 8.07. The summed E-state index contributed by atoms with van der Waals surface area (Å²) in [7, 11) is -3.82. The van der Waals surface area contributed by atoms with Crippen molar-refractivity contribution < 1.29 is 22.7 Å². The van der Waals surface area contributed by atoms with E-state index in [2.05, 4.69) is 10.0 Å². The molecule has 0 aliphatic heterocycles. The minimum Gasteiger partial charge on any atom is -0.478 e. The molecule has 0 amide bonds. The van der Waals surface area contributed by atoms with Crippen molar-refractivity contribution in [3.05, 3.63) is 94.3 Å². The minimum atomic E-state index is -3.82. The molecule has 6 nitrogen and oxygen atoms in total. The SMILES string of the molecule is CCC(CNc1ccccc1C(=O)O)c1cccc(S(=O)(=O)NCc2ccc(F)c(Cl)c2)c1. The van der Waals surface area contributed by atoms with Crippen LogP contribution >= 0.6 is 11.6 Å². The number of hydrogen-bond donors (Lipinski definition) is 3. The number of aromatic carboxylic acids is 1. The van der Waals surface area contributed by atoms with Crippen LogP contribution < -0.4 is 10.0 Å². The first-order valence-electron chi connectivity index (χ1n) is 10.3. The molecule has 1 atom stereocenters. The molecule has 3 aromatic rings. The fourth-order valence-corrected chi connectivity index (χ4v) is 4.68. The zero-order valence-electron chi connectivity index (χ0n) is 17.9. The molecule has 174 valence electrons. The Hall–Kier alpha value is -2.94. The minimum absolute atomic E-state index is 0.0305. The van der Waals surface area contributed by atoms with Gasteiger partial charge in [-0.1, -0.05) is 48.9 Å². The zero-order valence-corrected chi connectivity index (χ0v) is 19.5. The lowest BCUT2D eigenvalue weighted by atomic mass is 9.96. The first-order valence-corrected chi connectivity index (χ1v) is 12.2. The fraction of sp³-hybridized carbons (Fsp3) is 0.208. The van der Waals surface area contributed by atoms with Gasteiger partial charge >= 0.3 is 5.97 Å². The third-order valence-electron chi connectivity index (χ3n) is 5.28. The lowest BCUT2D eigenvalue weighted by Gasteiger charge is -2.19. The van der Waals surface area contributed by atoms with E-state index < -0.39 is 21.8 Å². The molecular weight excluding hydrogens is 467 g/mol. The van der Waals surface area contributed by atoms with Crippen LogP contribution in [0.15, 0.2) is 71.6 Å². The summed E-state index contributed by atoms with van der Waals surface area (Å²) in [5.74, 6) is -1.63. The quantitative estimate of drug-likeness (QED) is 0.360. The monoisotopic (exact) mass is 490 g/mol. The van der Waals surface area contributed by atoms with Gasteiger partial charge in [0, 0.05) is 24.7 Å². The molecule has 3 N–H and O–H groups in total. The second kappa shape index (κ2) is 10.8. The summed E-state index contributed by atoms with van der Waals surface area (Å²) in [5.41, 5.74) is 2.03. The van der Waals surface area contributed by atoms with Gasteiger partial charge in [-0.15, -0.1) is 0 Å². The maximum absolute atomic E-state index is 13.3. The van der Waals surface area contributed by atoms with Gasteiger partial charge in [-0.3, -0.25) is 0 Å². The molecule has 0 fully saturated rings. The molecule has 3 rings (SSSR count). The highest BCUT2D eigenvalue weighted by Crippen LogP contribution is 2.25. The van der Waals surface area contributed by atoms with Gasteiger partial charge < -0.3 is 10.4 Å². The number of benzene rings is 3. The molecule has 1 unspecified atom stereocenters. The number of carboxylic acids is 1. The Balaban J connectivity index is 1.73. The normalized spacial score (nSPS) is 12.3. The number of anilines is 1. The Morgan fingerprint density at radius 3 is 2.55 bits per heavy atom. The molecule has 0 aliphatic rings. The van der Waals surface area contributed by atoms with Crippen LogP contribution in [0.2, 0.25) is 5.02 Å². The Morgan fingerprint density at radius 1 is 1.09 bits per heavy atom. The fourth-order valence-electron chi connectivity index (χ4n) is 3.40. The number of sulfonamides is 1. The highest BCUT2D eigenvalue weighted by Gasteiger charge is 2.18. The standard InChI is InChI=1S/C24H24ClFN2O4S/c1-2-17(15-27-23-9-4-3-8-20(23)24(29)30)18-6-5-7-19(13-18)33(31,32)28-14-16-10-11-22(26)21(25)12-16/h3-13,17,27-28H,2,14-15H2,1H3,(H,29,30). The summed E-state index contributed by atoms with van der Waals surface area (Å²) in [5, 5.41) is 12.5. The van der Waals surface area contributed by atoms with E-state index in [0.717, 1.165) is 5.56 Å². The summed E-state index contributed by atoms with van der Waals surface area (Å²) < 4.78 is 41.5. The van der Waals surface area contributed by atoms with Crippen molar-refractivity contribution >= 4 is 33.3 Å². The Labute approximate surface area is 197 Å². The molecule has 9 heteroatoms. The first-order chi connectivity index (χ1) is 15.7. The van der Waals surface area contributed by atoms with Crippen molar-refractivity contribution in [2.24, 2.45) is 0 Å². The van der Waals surface area contributed by atoms with Gasteiger partial charge in [0.2, 0.25) is 10.0 Å². The Bertz CT molecular complexity index is 1250. The van der Waals surface area contributed by atoms with E-state index in [1.54, 1.807) is 30.3 Å². The Morgan fingerprint density at radius 2 is 1.85 bits per heavy atom. The second-order valence-electron chi connectivity index (χ2n) is 7.48. The van der Waals surface area contributed by atoms with Gasteiger partial charge in [-0.25, -0.2) is 22.3 Å². The van der Waals surface area contributed by atoms with Gasteiger partial charge in [0.25, 0.3) is 0 Å². The second-order valence-corrected chi connectivity index (χ2v) is 9.66. The van der Waals surface area contributed by atoms with Crippen LogP contribution in [0.3, 0.4) is 0 Å². The van der Waals surface area contributed by atoms with Crippen molar-refractivity contribution in [1.29, 1.82) is 0 Å². The van der Waals surface area contributed by atoms with Gasteiger partial charge in [0.05, 0.1) is 15.5 Å². The third-order valence-corrected chi connectivity index (χ3v) is 6.97. The topological polar surface area (TPSA) is 95.5 Å². The molecule has 0 aromatic heterocycles. The maximum Gasteiger partial charge on any atom is 0.337 e. The summed E-state index contributed by atoms with van der Waals surface area (Å²) in [6, 6.07) is 17.3. The van der Waals surface area contributed by atoms with Gasteiger partial charge in [-0.05, 0) is 53.9 Å². The number of carboxylic acid groups (broad SMARTS) is 1. The molecule has 0 spiro atoms. The highest BCUT2D eigenvalue weighted by molar-refractivity contribution is 7.89. The van der Waals surface area contributed by atoms with E-state index in [1.165, 1.54) is 30.3 Å². The van der Waals surface area contributed by atoms with E-state index in [0.29, 0.717) is 24.2 Å². The molecule has 3 aromatic carbocycles. The predicted octanol–water partition coefficient (Wildman–Crippen LogP) is 5.26. The molecule has 0 bridgehead atoms. The first kappa shape index (κ1) is 24.7. The average Bonchev–Trinajstić information content (AvgIpc) is 2.80. The predicted molar refractivity (Wildman–Crippen MR) is 127 cm³/mol. The summed E-state index contributed by atoms with van der Waals surface area (Å²) in [4.78, 5) is 11.5. The van der Waals surface area contributed by atoms with Crippen LogP contribution in [0.5, 0.6) is 0 Å². The van der Waals surface area contributed by atoms with Crippen LogP contribution in [0.4, 0.5) is 10.1 Å². The highest BCUT2D eigenvalue weighted by atomic mass is 35.5. The number of hydrogen-bond acceptors (Lipinski definition) is 4. The van der Waals surface area contributed by atoms with Crippen LogP contribution in [0, 0.1) is 5.82 Å². The van der Waals surface area contributed by atoms with Crippen molar-refractivity contribution in [2.75, 3.05) is 11.9 Å². The van der Waals surface area contributed by atoms with Gasteiger partial charge in [-0.2, -0.15) is 0 Å². The summed E-state index contributed by atoms with van der Waals surface area (Å²) in [6.07, 6.45) is 0.716. The van der Waals surface area contributed by atoms with Gasteiger partial charge in [0.15, 0.2) is 0 Å². The zero-order chi connectivity index (χ0) is 24.0. The average molecular weight is 491 g/mol. The van der Waals surface area contributed by atoms with Crippen LogP contribution in [-0.4, -0.2) is 26.0 Å². The van der Waals surface area contributed by atoms with E-state index in [1.807, 2.05) is 13.0 Å². The number of nitrogens with one attached hydrogen (secondary N) is 2. The van der Waals surface area contributed by atoms with Crippen LogP contribution in [0.25, 0.3) is 0 Å². The van der Waals surface area contributed by atoms with E-state index in [9.17, 15) is 22.7 Å². The largest absolute Gasteiger partial charge is 0.478 e. The molecular formula is C24H24ClFN2O4S. The van der Waals surface area contributed by atoms with E-state index in [-0.39, 0.29) is 27.9 Å². The third kappa shape index (κ3) is 6.31. The number of para-hydroxylation sites is 1. The lowest BCUT2D eigenvalue weighted by Crippen LogP contribution is -2.23. The molecule has 0 saturated carbocycles. The van der Waals surface area contributed by atoms with Crippen molar-refractivity contribution in [3.63, 3.8) is 0 Å². The molecule has 0 radical (unpaired) electrons. The molecule has 33 heavy (non-hydrogen) atoms. The van der Waals surface area contributed by atoms with E-state index in [4.69, 9.17) is 11.6 Å². The van der Waals surface area contributed by atoms with Crippen LogP contribution in [0.1, 0.15) is 40.7 Å². The maximum atomic E-state index is 13.3. The molecule has 0 saturated heterocycles. The van der Waals surface area contributed by atoms with Gasteiger partial charge in [0.1, 0.15) is 5.82 Å². The summed E-state index contributed by atoms with van der Waals surface area (Å²) in [6.45, 7) is 2.39. The number of rotatable bonds is 10. The smallest absolute Gasteiger partial charge is 0.337 e. The van der Waals surface area contributed by atoms with Crippen LogP contribution in [-0.2, 0) is 16.6 Å². The van der Waals surface area contributed by atoms with Crippen molar-refractivity contribution in [1.82, 2.24) is 4.72 Å². The number of halogens is 2. The number of carbonyl (C=O) groups is 1. The molecule has 0 heterocycles. The molecule has 0 aliphatic carbocycles.